The fraction of sp³-hybridized carbons (Fsp3) is 0.538. The molecule has 0 fully saturated rings. The molecule has 0 spiro atoms. The van der Waals surface area contributed by atoms with Crippen LogP contribution in [0.2, 0.25) is 0 Å². The molecule has 0 aliphatic carbocycles. The molecule has 0 amide bonds. The van der Waals surface area contributed by atoms with Gasteiger partial charge in [-0.2, -0.15) is 0 Å². The van der Waals surface area contributed by atoms with Gasteiger partial charge in [0.1, 0.15) is 0 Å². The number of halogens is 2. The van der Waals surface area contributed by atoms with Gasteiger partial charge in [-0.05, 0) is 18.4 Å². The van der Waals surface area contributed by atoms with Gasteiger partial charge in [0.15, 0.2) is 11.6 Å². The first-order valence-electron chi connectivity index (χ1n) is 5.85. The average Bonchev–Trinajstić information content (AvgIpc) is 2.29. The highest BCUT2D eigenvalue weighted by atomic mass is 19.2. The topological polar surface area (TPSA) is 29.3 Å². The summed E-state index contributed by atoms with van der Waals surface area (Å²) in [7, 11) is 1.77. The van der Waals surface area contributed by atoms with Gasteiger partial charge in [-0.25, -0.2) is 8.78 Å². The van der Waals surface area contributed by atoms with Crippen molar-refractivity contribution in [3.05, 3.63) is 29.3 Å². The Morgan fingerprint density at radius 2 is 1.88 bits per heavy atom. The van der Waals surface area contributed by atoms with Crippen molar-refractivity contribution in [1.82, 2.24) is 0 Å². The van der Waals surface area contributed by atoms with E-state index in [0.29, 0.717) is 18.2 Å². The van der Waals surface area contributed by atoms with E-state index in [1.807, 2.05) is 0 Å². The van der Waals surface area contributed by atoms with E-state index in [-0.39, 0.29) is 12.1 Å². The van der Waals surface area contributed by atoms with E-state index in [4.69, 9.17) is 5.73 Å². The highest BCUT2D eigenvalue weighted by Crippen LogP contribution is 2.23. The molecule has 4 heteroatoms. The highest BCUT2D eigenvalue weighted by Gasteiger charge is 2.15. The molecule has 1 aromatic rings. The number of benzene rings is 1. The lowest BCUT2D eigenvalue weighted by atomic mass is 10.1. The zero-order valence-electron chi connectivity index (χ0n) is 10.6. The normalized spacial score (nSPS) is 11.0. The summed E-state index contributed by atoms with van der Waals surface area (Å²) in [5.74, 6) is -1.10. The maximum Gasteiger partial charge on any atom is 0.182 e. The first-order chi connectivity index (χ1) is 7.97. The Hall–Kier alpha value is -1.16. The Bertz CT molecular complexity index is 378. The summed E-state index contributed by atoms with van der Waals surface area (Å²) >= 11 is 0. The molecular formula is C13H20F2N2. The second-order valence-corrected chi connectivity index (χ2v) is 4.68. The lowest BCUT2D eigenvalue weighted by molar-refractivity contribution is 0.496. The average molecular weight is 242 g/mol. The summed E-state index contributed by atoms with van der Waals surface area (Å²) in [5.41, 5.74) is 5.83. The molecule has 17 heavy (non-hydrogen) atoms. The molecule has 0 saturated heterocycles. The molecule has 0 atom stereocenters. The van der Waals surface area contributed by atoms with E-state index in [0.717, 1.165) is 6.42 Å². The fourth-order valence-corrected chi connectivity index (χ4v) is 1.60. The Labute approximate surface area is 101 Å². The smallest absolute Gasteiger partial charge is 0.182 e. The largest absolute Gasteiger partial charge is 0.372 e. The molecule has 2 nitrogen and oxygen atoms in total. The highest BCUT2D eigenvalue weighted by molar-refractivity contribution is 5.49. The molecular weight excluding hydrogens is 222 g/mol. The predicted octanol–water partition coefficient (Wildman–Crippen LogP) is 2.91. The first-order valence-corrected chi connectivity index (χ1v) is 5.85. The van der Waals surface area contributed by atoms with Crippen LogP contribution in [0.15, 0.2) is 12.1 Å². The monoisotopic (exact) mass is 242 g/mol. The second kappa shape index (κ2) is 5.96. The minimum absolute atomic E-state index is 0.0126. The van der Waals surface area contributed by atoms with Crippen molar-refractivity contribution >= 4 is 5.69 Å². The van der Waals surface area contributed by atoms with E-state index in [1.165, 1.54) is 0 Å². The number of anilines is 1. The molecule has 0 aliphatic heterocycles. The molecule has 0 unspecified atom stereocenters. The first kappa shape index (κ1) is 13.9. The van der Waals surface area contributed by atoms with Crippen LogP contribution in [-0.4, -0.2) is 13.6 Å². The van der Waals surface area contributed by atoms with E-state index >= 15 is 0 Å². The number of nitrogens with zero attached hydrogens (tertiary/aromatic N) is 1. The Balaban J connectivity index is 2.87. The number of hydrogen-bond donors (Lipinski definition) is 1. The predicted molar refractivity (Wildman–Crippen MR) is 67.0 cm³/mol. The molecule has 1 aromatic carbocycles. The third-order valence-corrected chi connectivity index (χ3v) is 2.81. The van der Waals surface area contributed by atoms with Gasteiger partial charge in [-0.15, -0.1) is 0 Å². The van der Waals surface area contributed by atoms with Crippen LogP contribution in [0.4, 0.5) is 14.5 Å². The van der Waals surface area contributed by atoms with Crippen molar-refractivity contribution in [2.75, 3.05) is 18.5 Å². The molecule has 0 bridgehead atoms. The van der Waals surface area contributed by atoms with Crippen molar-refractivity contribution < 1.29 is 8.78 Å². The summed E-state index contributed by atoms with van der Waals surface area (Å²) in [5, 5.41) is 0. The van der Waals surface area contributed by atoms with Gasteiger partial charge in [0.2, 0.25) is 0 Å². The Kier molecular flexibility index (Phi) is 4.87. The van der Waals surface area contributed by atoms with Crippen molar-refractivity contribution in [3.63, 3.8) is 0 Å². The van der Waals surface area contributed by atoms with E-state index in [2.05, 4.69) is 13.8 Å². The van der Waals surface area contributed by atoms with Crippen molar-refractivity contribution in [2.24, 2.45) is 11.7 Å². The number of nitrogens with two attached hydrogens (primary N) is 1. The fourth-order valence-electron chi connectivity index (χ4n) is 1.60. The maximum atomic E-state index is 13.8. The van der Waals surface area contributed by atoms with Gasteiger partial charge in [0.25, 0.3) is 0 Å². The van der Waals surface area contributed by atoms with Crippen molar-refractivity contribution in [1.29, 1.82) is 0 Å². The minimum atomic E-state index is -0.832. The molecule has 0 saturated carbocycles. The van der Waals surface area contributed by atoms with Gasteiger partial charge >= 0.3 is 0 Å². The number of hydrogen-bond acceptors (Lipinski definition) is 2. The molecule has 1 rings (SSSR count). The van der Waals surface area contributed by atoms with E-state index < -0.39 is 11.6 Å². The quantitative estimate of drug-likeness (QED) is 0.860. The molecule has 96 valence electrons. The van der Waals surface area contributed by atoms with Crippen LogP contribution in [0.3, 0.4) is 0 Å². The molecule has 2 N–H and O–H groups in total. The molecule has 0 aromatic heterocycles. The van der Waals surface area contributed by atoms with Gasteiger partial charge < -0.3 is 10.6 Å². The summed E-state index contributed by atoms with van der Waals surface area (Å²) in [6.07, 6.45) is 0.941. The van der Waals surface area contributed by atoms with E-state index in [9.17, 15) is 8.78 Å². The Morgan fingerprint density at radius 3 is 2.41 bits per heavy atom. The minimum Gasteiger partial charge on any atom is -0.372 e. The summed E-state index contributed by atoms with van der Waals surface area (Å²) < 4.78 is 27.3. The lowest BCUT2D eigenvalue weighted by Crippen LogP contribution is -2.21. The standard InChI is InChI=1S/C13H20F2N2/c1-9(2)6-7-17(3)11-5-4-10(8-16)12(14)13(11)15/h4-5,9H,6-8,16H2,1-3H3. The lowest BCUT2D eigenvalue weighted by Gasteiger charge is -2.21. The third kappa shape index (κ3) is 3.40. The second-order valence-electron chi connectivity index (χ2n) is 4.68. The Morgan fingerprint density at radius 1 is 1.24 bits per heavy atom. The summed E-state index contributed by atoms with van der Waals surface area (Å²) in [4.78, 5) is 1.73. The van der Waals surface area contributed by atoms with Crippen molar-refractivity contribution in [2.45, 2.75) is 26.8 Å². The van der Waals surface area contributed by atoms with Gasteiger partial charge in [-0.3, -0.25) is 0 Å². The van der Waals surface area contributed by atoms with Crippen LogP contribution < -0.4 is 10.6 Å². The SMILES string of the molecule is CC(C)CCN(C)c1ccc(CN)c(F)c1F. The van der Waals surface area contributed by atoms with Crippen LogP contribution in [0.5, 0.6) is 0 Å². The summed E-state index contributed by atoms with van der Waals surface area (Å²) in [6, 6.07) is 3.13. The zero-order chi connectivity index (χ0) is 13.0. The van der Waals surface area contributed by atoms with Crippen molar-refractivity contribution in [3.8, 4) is 0 Å². The van der Waals surface area contributed by atoms with Crippen LogP contribution >= 0.6 is 0 Å². The number of rotatable bonds is 5. The van der Waals surface area contributed by atoms with Gasteiger partial charge in [-0.1, -0.05) is 19.9 Å². The zero-order valence-corrected chi connectivity index (χ0v) is 10.6. The van der Waals surface area contributed by atoms with Gasteiger partial charge in [0.05, 0.1) is 5.69 Å². The molecule has 0 heterocycles. The van der Waals surface area contributed by atoms with E-state index in [1.54, 1.807) is 24.1 Å². The van der Waals surface area contributed by atoms with Gasteiger partial charge in [0, 0.05) is 25.7 Å². The molecule has 0 aliphatic rings. The van der Waals surface area contributed by atoms with Crippen LogP contribution in [-0.2, 0) is 6.54 Å². The maximum absolute atomic E-state index is 13.8. The molecule has 0 radical (unpaired) electrons. The summed E-state index contributed by atoms with van der Waals surface area (Å²) in [6.45, 7) is 4.92. The third-order valence-electron chi connectivity index (χ3n) is 2.81. The van der Waals surface area contributed by atoms with Crippen LogP contribution in [0.25, 0.3) is 0 Å². The van der Waals surface area contributed by atoms with Crippen LogP contribution in [0, 0.1) is 17.6 Å². The van der Waals surface area contributed by atoms with Crippen LogP contribution in [0.1, 0.15) is 25.8 Å².